The lowest BCUT2D eigenvalue weighted by Crippen LogP contribution is -2.30. The van der Waals surface area contributed by atoms with Crippen molar-refractivity contribution >= 4 is 16.9 Å². The summed E-state index contributed by atoms with van der Waals surface area (Å²) < 4.78 is 17.4. The maximum absolute atomic E-state index is 13.6. The molecular weight excluding hydrogens is 406 g/mol. The van der Waals surface area contributed by atoms with Crippen molar-refractivity contribution < 1.29 is 18.7 Å². The smallest absolute Gasteiger partial charge is 0.290 e. The van der Waals surface area contributed by atoms with Gasteiger partial charge in [0.2, 0.25) is 5.76 Å². The number of carbonyl (C=O) groups is 1. The summed E-state index contributed by atoms with van der Waals surface area (Å²) in [6.07, 6.45) is 2.75. The van der Waals surface area contributed by atoms with E-state index in [9.17, 15) is 9.59 Å². The highest BCUT2D eigenvalue weighted by atomic mass is 16.5. The monoisotopic (exact) mass is 435 g/mol. The normalized spacial score (nSPS) is 15.3. The number of carbonyl (C=O) groups excluding carboxylic acids is 1. The summed E-state index contributed by atoms with van der Waals surface area (Å²) in [5.74, 6) is 1.11. The molecule has 0 spiro atoms. The summed E-state index contributed by atoms with van der Waals surface area (Å²) in [5, 5.41) is 0.492. The van der Waals surface area contributed by atoms with E-state index in [-0.39, 0.29) is 17.1 Å². The molecule has 0 unspecified atom stereocenters. The van der Waals surface area contributed by atoms with Crippen LogP contribution in [0.2, 0.25) is 0 Å². The molecule has 32 heavy (non-hydrogen) atoms. The molecule has 0 saturated carbocycles. The lowest BCUT2D eigenvalue weighted by atomic mass is 9.97. The second-order valence-corrected chi connectivity index (χ2v) is 8.19. The number of ether oxygens (including phenoxy) is 2. The first-order valence-corrected chi connectivity index (χ1v) is 11.2. The highest BCUT2D eigenvalue weighted by Crippen LogP contribution is 2.41. The standard InChI is InChI=1S/C26H29NO5/c1-5-7-13-31-20-11-9-17(15-21(20)30-4)23-22-24(28)18-14-16(3)8-10-19(18)32-25(22)26(29)27(23)12-6-2/h8-11,14-15,23H,5-7,12-13H2,1-4H3/t23-/m1/s1. The maximum atomic E-state index is 13.6. The molecule has 1 atom stereocenters. The van der Waals surface area contributed by atoms with Crippen molar-refractivity contribution in [3.63, 3.8) is 0 Å². The van der Waals surface area contributed by atoms with E-state index in [4.69, 9.17) is 13.9 Å². The zero-order valence-electron chi connectivity index (χ0n) is 19.1. The lowest BCUT2D eigenvalue weighted by molar-refractivity contribution is 0.0728. The molecule has 6 nitrogen and oxygen atoms in total. The summed E-state index contributed by atoms with van der Waals surface area (Å²) >= 11 is 0. The fourth-order valence-electron chi connectivity index (χ4n) is 4.25. The van der Waals surface area contributed by atoms with Gasteiger partial charge < -0.3 is 18.8 Å². The Kier molecular flexibility index (Phi) is 6.21. The van der Waals surface area contributed by atoms with Crippen LogP contribution in [0.15, 0.2) is 45.6 Å². The van der Waals surface area contributed by atoms with Crippen LogP contribution >= 0.6 is 0 Å². The predicted octanol–water partition coefficient (Wildman–Crippen LogP) is 5.24. The van der Waals surface area contributed by atoms with Crippen LogP contribution in [0.25, 0.3) is 11.0 Å². The fourth-order valence-corrected chi connectivity index (χ4v) is 4.25. The second-order valence-electron chi connectivity index (χ2n) is 8.19. The Labute approximate surface area is 187 Å². The summed E-state index contributed by atoms with van der Waals surface area (Å²) in [4.78, 5) is 28.5. The summed E-state index contributed by atoms with van der Waals surface area (Å²) in [6, 6.07) is 10.5. The highest BCUT2D eigenvalue weighted by molar-refractivity contribution is 5.99. The molecule has 2 aromatic carbocycles. The average molecular weight is 436 g/mol. The van der Waals surface area contributed by atoms with Gasteiger partial charge in [-0.2, -0.15) is 0 Å². The van der Waals surface area contributed by atoms with Crippen molar-refractivity contribution in [2.45, 2.75) is 46.1 Å². The van der Waals surface area contributed by atoms with Gasteiger partial charge in [0.15, 0.2) is 16.9 Å². The third-order valence-corrected chi connectivity index (χ3v) is 5.84. The molecule has 0 bridgehead atoms. The Morgan fingerprint density at radius 3 is 2.56 bits per heavy atom. The van der Waals surface area contributed by atoms with Gasteiger partial charge in [0.05, 0.1) is 30.7 Å². The van der Waals surface area contributed by atoms with Gasteiger partial charge in [-0.25, -0.2) is 0 Å². The number of benzene rings is 2. The van der Waals surface area contributed by atoms with Crippen LogP contribution in [0, 0.1) is 6.92 Å². The first-order chi connectivity index (χ1) is 15.5. The number of hydrogen-bond donors (Lipinski definition) is 0. The number of unbranched alkanes of at least 4 members (excludes halogenated alkanes) is 1. The largest absolute Gasteiger partial charge is 0.493 e. The molecule has 0 radical (unpaired) electrons. The minimum Gasteiger partial charge on any atom is -0.493 e. The number of amides is 1. The van der Waals surface area contributed by atoms with E-state index < -0.39 is 6.04 Å². The van der Waals surface area contributed by atoms with Gasteiger partial charge in [-0.3, -0.25) is 9.59 Å². The fraction of sp³-hybridized carbons (Fsp3) is 0.385. The number of aryl methyl sites for hydroxylation is 1. The molecule has 1 aliphatic heterocycles. The zero-order chi connectivity index (χ0) is 22.8. The van der Waals surface area contributed by atoms with E-state index in [1.54, 1.807) is 18.1 Å². The van der Waals surface area contributed by atoms with E-state index in [2.05, 4.69) is 6.92 Å². The Bertz CT molecular complexity index is 1210. The molecule has 1 aliphatic rings. The van der Waals surface area contributed by atoms with Crippen LogP contribution in [0.4, 0.5) is 0 Å². The summed E-state index contributed by atoms with van der Waals surface area (Å²) in [5.41, 5.74) is 2.42. The molecule has 0 fully saturated rings. The first-order valence-electron chi connectivity index (χ1n) is 11.2. The third-order valence-electron chi connectivity index (χ3n) is 5.84. The number of fused-ring (bicyclic) bond motifs is 2. The van der Waals surface area contributed by atoms with Crippen LogP contribution in [-0.2, 0) is 0 Å². The van der Waals surface area contributed by atoms with Crippen molar-refractivity contribution in [3.8, 4) is 11.5 Å². The van der Waals surface area contributed by atoms with Crippen LogP contribution < -0.4 is 14.9 Å². The van der Waals surface area contributed by atoms with Crippen LogP contribution in [-0.4, -0.2) is 31.1 Å². The summed E-state index contributed by atoms with van der Waals surface area (Å²) in [7, 11) is 1.59. The first kappa shape index (κ1) is 21.9. The molecule has 1 amide bonds. The third kappa shape index (κ3) is 3.74. The molecule has 168 valence electrons. The number of nitrogens with zero attached hydrogens (tertiary/aromatic N) is 1. The van der Waals surface area contributed by atoms with Crippen molar-refractivity contribution in [1.82, 2.24) is 4.90 Å². The van der Waals surface area contributed by atoms with Crippen LogP contribution in [0.3, 0.4) is 0 Å². The Hall–Kier alpha value is -3.28. The number of methoxy groups -OCH3 is 1. The molecule has 0 N–H and O–H groups in total. The van der Waals surface area contributed by atoms with Gasteiger partial charge >= 0.3 is 0 Å². The van der Waals surface area contributed by atoms with Gasteiger partial charge in [0.25, 0.3) is 5.91 Å². The van der Waals surface area contributed by atoms with Crippen LogP contribution in [0.1, 0.15) is 66.4 Å². The minimum atomic E-state index is -0.530. The lowest BCUT2D eigenvalue weighted by Gasteiger charge is -2.25. The SMILES string of the molecule is CCCCOc1ccc([C@@H]2c3c(oc4ccc(C)cc4c3=O)C(=O)N2CCC)cc1OC. The van der Waals surface area contributed by atoms with Crippen molar-refractivity contribution in [2.24, 2.45) is 0 Å². The Balaban J connectivity index is 1.86. The van der Waals surface area contributed by atoms with Gasteiger partial charge in [-0.15, -0.1) is 0 Å². The van der Waals surface area contributed by atoms with Gasteiger partial charge in [0, 0.05) is 6.54 Å². The average Bonchev–Trinajstić information content (AvgIpc) is 3.07. The zero-order valence-corrected chi connectivity index (χ0v) is 19.1. The number of rotatable bonds is 8. The molecule has 0 aliphatic carbocycles. The Morgan fingerprint density at radius 1 is 1.03 bits per heavy atom. The quantitative estimate of drug-likeness (QED) is 0.452. The topological polar surface area (TPSA) is 69.0 Å². The minimum absolute atomic E-state index is 0.132. The number of hydrogen-bond acceptors (Lipinski definition) is 5. The maximum Gasteiger partial charge on any atom is 0.290 e. The molecule has 0 saturated heterocycles. The highest BCUT2D eigenvalue weighted by Gasteiger charge is 2.42. The second kappa shape index (κ2) is 9.07. The van der Waals surface area contributed by atoms with E-state index in [0.29, 0.717) is 41.2 Å². The van der Waals surface area contributed by atoms with E-state index in [1.807, 2.05) is 44.2 Å². The molecule has 1 aromatic heterocycles. The van der Waals surface area contributed by atoms with Crippen LogP contribution in [0.5, 0.6) is 11.5 Å². The van der Waals surface area contributed by atoms with Gasteiger partial charge in [-0.05, 0) is 49.6 Å². The van der Waals surface area contributed by atoms with Gasteiger partial charge in [-0.1, -0.05) is 38.0 Å². The molecule has 4 rings (SSSR count). The van der Waals surface area contributed by atoms with Crippen molar-refractivity contribution in [1.29, 1.82) is 0 Å². The van der Waals surface area contributed by atoms with Crippen molar-refractivity contribution in [3.05, 3.63) is 69.1 Å². The molecule has 2 heterocycles. The van der Waals surface area contributed by atoms with E-state index in [1.165, 1.54) is 0 Å². The molecular formula is C26H29NO5. The van der Waals surface area contributed by atoms with Crippen molar-refractivity contribution in [2.75, 3.05) is 20.3 Å². The van der Waals surface area contributed by atoms with Gasteiger partial charge in [0.1, 0.15) is 5.58 Å². The van der Waals surface area contributed by atoms with E-state index >= 15 is 0 Å². The van der Waals surface area contributed by atoms with E-state index in [0.717, 1.165) is 30.4 Å². The predicted molar refractivity (Wildman–Crippen MR) is 124 cm³/mol. The molecule has 3 aromatic rings. The Morgan fingerprint density at radius 2 is 1.84 bits per heavy atom. The summed E-state index contributed by atoms with van der Waals surface area (Å²) in [6.45, 7) is 7.17. The molecule has 6 heteroatoms.